The summed E-state index contributed by atoms with van der Waals surface area (Å²) in [7, 11) is 2.02. The molecule has 92 valence electrons. The van der Waals surface area contributed by atoms with E-state index in [9.17, 15) is 4.79 Å². The third-order valence-corrected chi connectivity index (χ3v) is 4.32. The number of nitrogens with two attached hydrogens (primary N) is 1. The SMILES string of the molecule is Bc1c(Cl)ccc2[nH]c3c(c12)CCCC3C(N)=O. The summed E-state index contributed by atoms with van der Waals surface area (Å²) in [6, 6.07) is 3.86. The van der Waals surface area contributed by atoms with Gasteiger partial charge in [-0.1, -0.05) is 17.1 Å². The van der Waals surface area contributed by atoms with E-state index in [0.717, 1.165) is 41.0 Å². The van der Waals surface area contributed by atoms with E-state index in [1.807, 2.05) is 20.0 Å². The predicted molar refractivity (Wildman–Crippen MR) is 76.4 cm³/mol. The van der Waals surface area contributed by atoms with Crippen LogP contribution in [0.15, 0.2) is 12.1 Å². The first-order chi connectivity index (χ1) is 8.59. The Morgan fingerprint density at radius 1 is 1.50 bits per heavy atom. The molecule has 0 bridgehead atoms. The highest BCUT2D eigenvalue weighted by molar-refractivity contribution is 6.49. The van der Waals surface area contributed by atoms with Gasteiger partial charge in [0.15, 0.2) is 0 Å². The number of H-pyrrole nitrogens is 1. The number of hydrogen-bond acceptors (Lipinski definition) is 1. The second kappa shape index (κ2) is 4.06. The fraction of sp³-hybridized carbons (Fsp3) is 0.308. The maximum Gasteiger partial charge on any atom is 0.226 e. The lowest BCUT2D eigenvalue weighted by Gasteiger charge is -2.19. The quantitative estimate of drug-likeness (QED) is 0.738. The molecule has 3 rings (SSSR count). The van der Waals surface area contributed by atoms with Crippen molar-refractivity contribution >= 4 is 41.7 Å². The highest BCUT2D eigenvalue weighted by Gasteiger charge is 2.28. The number of halogens is 1. The minimum absolute atomic E-state index is 0.181. The Bertz CT molecular complexity index is 650. The fourth-order valence-corrected chi connectivity index (χ4v) is 3.16. The lowest BCUT2D eigenvalue weighted by molar-refractivity contribution is -0.119. The number of hydrogen-bond donors (Lipinski definition) is 2. The van der Waals surface area contributed by atoms with E-state index < -0.39 is 0 Å². The zero-order valence-corrected chi connectivity index (χ0v) is 11.0. The number of aromatic nitrogens is 1. The van der Waals surface area contributed by atoms with Crippen LogP contribution in [0.4, 0.5) is 0 Å². The van der Waals surface area contributed by atoms with Gasteiger partial charge in [0.2, 0.25) is 5.91 Å². The summed E-state index contributed by atoms with van der Waals surface area (Å²) >= 11 is 6.18. The van der Waals surface area contributed by atoms with E-state index in [1.54, 1.807) is 0 Å². The molecular formula is C13H14BClN2O. The van der Waals surface area contributed by atoms with Gasteiger partial charge >= 0.3 is 0 Å². The Balaban J connectivity index is 2.31. The number of carbonyl (C=O) groups is 1. The van der Waals surface area contributed by atoms with E-state index >= 15 is 0 Å². The van der Waals surface area contributed by atoms with Gasteiger partial charge in [-0.2, -0.15) is 0 Å². The molecule has 0 saturated heterocycles. The average molecular weight is 261 g/mol. The molecule has 1 atom stereocenters. The normalized spacial score (nSPS) is 18.8. The zero-order valence-electron chi connectivity index (χ0n) is 10.2. The number of aromatic amines is 1. The number of benzene rings is 1. The summed E-state index contributed by atoms with van der Waals surface area (Å²) in [5.74, 6) is -0.425. The number of amides is 1. The third kappa shape index (κ3) is 1.56. The molecular weight excluding hydrogens is 246 g/mol. The molecule has 0 saturated carbocycles. The monoisotopic (exact) mass is 260 g/mol. The van der Waals surface area contributed by atoms with Crippen molar-refractivity contribution in [2.75, 3.05) is 0 Å². The van der Waals surface area contributed by atoms with Gasteiger partial charge in [0.25, 0.3) is 0 Å². The maximum atomic E-state index is 11.5. The molecule has 1 amide bonds. The number of fused-ring (bicyclic) bond motifs is 3. The third-order valence-electron chi connectivity index (χ3n) is 3.91. The summed E-state index contributed by atoms with van der Waals surface area (Å²) in [5.41, 5.74) is 9.83. The Morgan fingerprint density at radius 2 is 2.28 bits per heavy atom. The van der Waals surface area contributed by atoms with Crippen LogP contribution in [-0.4, -0.2) is 18.7 Å². The number of rotatable bonds is 1. The Labute approximate surface area is 111 Å². The molecule has 2 aromatic rings. The Morgan fingerprint density at radius 3 is 3.00 bits per heavy atom. The van der Waals surface area contributed by atoms with Crippen molar-refractivity contribution in [1.29, 1.82) is 0 Å². The van der Waals surface area contributed by atoms with Crippen LogP contribution >= 0.6 is 11.6 Å². The molecule has 1 aromatic heterocycles. The van der Waals surface area contributed by atoms with Crippen LogP contribution in [0.25, 0.3) is 10.9 Å². The van der Waals surface area contributed by atoms with Crippen molar-refractivity contribution in [3.05, 3.63) is 28.4 Å². The topological polar surface area (TPSA) is 58.9 Å². The van der Waals surface area contributed by atoms with Crippen LogP contribution in [0.5, 0.6) is 0 Å². The van der Waals surface area contributed by atoms with Gasteiger partial charge < -0.3 is 10.7 Å². The van der Waals surface area contributed by atoms with Crippen LogP contribution in [0, 0.1) is 0 Å². The standard InChI is InChI=1S/C13H14BClN2O/c14-11-8(15)4-5-9-10(11)6-2-1-3-7(13(16)18)12(6)17-9/h4-5,7,17H,1-3,14H2,(H2,16,18). The lowest BCUT2D eigenvalue weighted by Crippen LogP contribution is -2.25. The average Bonchev–Trinajstić information content (AvgIpc) is 2.72. The summed E-state index contributed by atoms with van der Waals surface area (Å²) in [6.07, 6.45) is 2.82. The van der Waals surface area contributed by atoms with Crippen molar-refractivity contribution in [3.63, 3.8) is 0 Å². The van der Waals surface area contributed by atoms with Gasteiger partial charge in [-0.05, 0) is 42.3 Å². The fourth-order valence-electron chi connectivity index (χ4n) is 3.00. The minimum atomic E-state index is -0.244. The van der Waals surface area contributed by atoms with Crippen molar-refractivity contribution in [1.82, 2.24) is 4.98 Å². The molecule has 1 aliphatic carbocycles. The van der Waals surface area contributed by atoms with E-state index in [4.69, 9.17) is 17.3 Å². The first-order valence-electron chi connectivity index (χ1n) is 6.18. The number of nitrogens with one attached hydrogen (secondary N) is 1. The van der Waals surface area contributed by atoms with Gasteiger partial charge in [-0.3, -0.25) is 4.79 Å². The summed E-state index contributed by atoms with van der Waals surface area (Å²) in [5, 5.41) is 1.94. The summed E-state index contributed by atoms with van der Waals surface area (Å²) in [6.45, 7) is 0. The van der Waals surface area contributed by atoms with Crippen LogP contribution in [0.2, 0.25) is 5.02 Å². The molecule has 0 fully saturated rings. The minimum Gasteiger partial charge on any atom is -0.369 e. The molecule has 0 spiro atoms. The van der Waals surface area contributed by atoms with Crippen LogP contribution in [-0.2, 0) is 11.2 Å². The molecule has 1 heterocycles. The van der Waals surface area contributed by atoms with E-state index in [0.29, 0.717) is 0 Å². The van der Waals surface area contributed by atoms with Gasteiger partial charge in [-0.15, -0.1) is 0 Å². The van der Waals surface area contributed by atoms with E-state index in [2.05, 4.69) is 4.98 Å². The number of aryl methyl sites for hydroxylation is 1. The molecule has 3 N–H and O–H groups in total. The molecule has 5 heteroatoms. The highest BCUT2D eigenvalue weighted by atomic mass is 35.5. The number of carbonyl (C=O) groups excluding carboxylic acids is 1. The number of primary amides is 1. The molecule has 1 aromatic carbocycles. The van der Waals surface area contributed by atoms with Crippen LogP contribution in [0.3, 0.4) is 0 Å². The van der Waals surface area contributed by atoms with Crippen LogP contribution < -0.4 is 11.2 Å². The predicted octanol–water partition coefficient (Wildman–Crippen LogP) is 0.985. The Kier molecular flexibility index (Phi) is 2.63. The van der Waals surface area contributed by atoms with Gasteiger partial charge in [0.05, 0.1) is 5.92 Å². The van der Waals surface area contributed by atoms with Crippen molar-refractivity contribution < 1.29 is 4.79 Å². The first kappa shape index (κ1) is 11.7. The summed E-state index contributed by atoms with van der Waals surface area (Å²) < 4.78 is 0. The molecule has 3 nitrogen and oxygen atoms in total. The van der Waals surface area contributed by atoms with E-state index in [1.165, 1.54) is 10.9 Å². The van der Waals surface area contributed by atoms with E-state index in [-0.39, 0.29) is 11.8 Å². The molecule has 0 radical (unpaired) electrons. The van der Waals surface area contributed by atoms with Gasteiger partial charge in [0, 0.05) is 16.2 Å². The van der Waals surface area contributed by atoms with Crippen LogP contribution in [0.1, 0.15) is 30.0 Å². The second-order valence-corrected chi connectivity index (χ2v) is 5.37. The smallest absolute Gasteiger partial charge is 0.226 e. The largest absolute Gasteiger partial charge is 0.369 e. The molecule has 0 aliphatic heterocycles. The van der Waals surface area contributed by atoms with Crippen molar-refractivity contribution in [2.45, 2.75) is 25.2 Å². The Hall–Kier alpha value is -1.42. The second-order valence-electron chi connectivity index (χ2n) is 4.96. The summed E-state index contributed by atoms with van der Waals surface area (Å²) in [4.78, 5) is 14.9. The zero-order chi connectivity index (χ0) is 12.9. The lowest BCUT2D eigenvalue weighted by atomic mass is 9.83. The molecule has 1 aliphatic rings. The molecule has 18 heavy (non-hydrogen) atoms. The van der Waals surface area contributed by atoms with Crippen molar-refractivity contribution in [2.24, 2.45) is 5.73 Å². The highest BCUT2D eigenvalue weighted by Crippen LogP contribution is 2.35. The van der Waals surface area contributed by atoms with Gasteiger partial charge in [-0.25, -0.2) is 0 Å². The maximum absolute atomic E-state index is 11.5. The molecule has 1 unspecified atom stereocenters. The van der Waals surface area contributed by atoms with Gasteiger partial charge in [0.1, 0.15) is 7.85 Å². The van der Waals surface area contributed by atoms with Crippen molar-refractivity contribution in [3.8, 4) is 0 Å². The first-order valence-corrected chi connectivity index (χ1v) is 6.56.